The van der Waals surface area contributed by atoms with E-state index in [4.69, 9.17) is 0 Å². The highest BCUT2D eigenvalue weighted by Gasteiger charge is 2.09. The van der Waals surface area contributed by atoms with Gasteiger partial charge in [-0.1, -0.05) is 91.0 Å². The molecule has 0 aliphatic carbocycles. The Kier molecular flexibility index (Phi) is 4.86. The number of hydrogen-bond donors (Lipinski definition) is 1. The van der Waals surface area contributed by atoms with E-state index >= 15 is 0 Å². The van der Waals surface area contributed by atoms with Gasteiger partial charge in [0, 0.05) is 11.4 Å². The standard InChI is InChI=1S/C32H23N/c1-2-11-29(12-3-1)33-30-18-16-24(17-19-30)28-21-26-10-6-7-13-31(26)32(22-28)27-15-14-23-8-4-5-9-25(23)20-27/h1-22,33H. The first kappa shape index (κ1) is 19.3. The van der Waals surface area contributed by atoms with Crippen LogP contribution >= 0.6 is 0 Å². The summed E-state index contributed by atoms with van der Waals surface area (Å²) in [5.41, 5.74) is 7.12. The van der Waals surface area contributed by atoms with E-state index in [1.54, 1.807) is 0 Å². The number of nitrogens with one attached hydrogen (secondary N) is 1. The fourth-order valence-electron chi connectivity index (χ4n) is 4.51. The van der Waals surface area contributed by atoms with Crippen molar-refractivity contribution < 1.29 is 0 Å². The van der Waals surface area contributed by atoms with E-state index in [1.165, 1.54) is 43.8 Å². The maximum absolute atomic E-state index is 3.47. The number of hydrogen-bond acceptors (Lipinski definition) is 1. The third-order valence-electron chi connectivity index (χ3n) is 6.20. The second kappa shape index (κ2) is 8.29. The van der Waals surface area contributed by atoms with Crippen LogP contribution in [0.3, 0.4) is 0 Å². The molecule has 0 amide bonds. The lowest BCUT2D eigenvalue weighted by atomic mass is 9.92. The molecule has 0 radical (unpaired) electrons. The minimum atomic E-state index is 1.08. The summed E-state index contributed by atoms with van der Waals surface area (Å²) in [6.07, 6.45) is 0. The summed E-state index contributed by atoms with van der Waals surface area (Å²) >= 11 is 0. The highest BCUT2D eigenvalue weighted by molar-refractivity contribution is 6.01. The van der Waals surface area contributed by atoms with Crippen LogP contribution in [0.15, 0.2) is 133 Å². The summed E-state index contributed by atoms with van der Waals surface area (Å²) in [5, 5.41) is 8.53. The molecule has 0 atom stereocenters. The molecule has 1 nitrogen and oxygen atoms in total. The maximum atomic E-state index is 3.47. The number of rotatable bonds is 4. The van der Waals surface area contributed by atoms with Crippen molar-refractivity contribution in [3.63, 3.8) is 0 Å². The van der Waals surface area contributed by atoms with Gasteiger partial charge < -0.3 is 5.32 Å². The Morgan fingerprint density at radius 2 is 0.970 bits per heavy atom. The van der Waals surface area contributed by atoms with Gasteiger partial charge in [-0.25, -0.2) is 0 Å². The summed E-state index contributed by atoms with van der Waals surface area (Å²) in [4.78, 5) is 0. The van der Waals surface area contributed by atoms with Crippen molar-refractivity contribution in [2.75, 3.05) is 5.32 Å². The molecule has 1 N–H and O–H groups in total. The lowest BCUT2D eigenvalue weighted by molar-refractivity contribution is 1.54. The molecule has 6 aromatic rings. The van der Waals surface area contributed by atoms with E-state index in [0.29, 0.717) is 0 Å². The van der Waals surface area contributed by atoms with Crippen molar-refractivity contribution in [1.29, 1.82) is 0 Å². The number of anilines is 2. The Bertz CT molecular complexity index is 1560. The van der Waals surface area contributed by atoms with Crippen molar-refractivity contribution in [2.45, 2.75) is 0 Å². The molecule has 0 bridgehead atoms. The van der Waals surface area contributed by atoms with Gasteiger partial charge in [0.05, 0.1) is 0 Å². The molecule has 6 aromatic carbocycles. The molecule has 0 aliphatic heterocycles. The third kappa shape index (κ3) is 3.86. The Balaban J connectivity index is 1.43. The second-order valence-corrected chi connectivity index (χ2v) is 8.38. The Labute approximate surface area is 194 Å². The van der Waals surface area contributed by atoms with Crippen molar-refractivity contribution in [3.05, 3.63) is 133 Å². The summed E-state index contributed by atoms with van der Waals surface area (Å²) in [6.45, 7) is 0. The van der Waals surface area contributed by atoms with Gasteiger partial charge in [0.2, 0.25) is 0 Å². The van der Waals surface area contributed by atoms with E-state index in [-0.39, 0.29) is 0 Å². The zero-order valence-corrected chi connectivity index (χ0v) is 18.2. The molecule has 0 fully saturated rings. The van der Waals surface area contributed by atoms with Gasteiger partial charge >= 0.3 is 0 Å². The largest absolute Gasteiger partial charge is 0.356 e. The molecule has 0 saturated heterocycles. The first-order valence-corrected chi connectivity index (χ1v) is 11.3. The van der Waals surface area contributed by atoms with Gasteiger partial charge in [0.15, 0.2) is 0 Å². The smallest absolute Gasteiger partial charge is 0.0384 e. The third-order valence-corrected chi connectivity index (χ3v) is 6.20. The zero-order chi connectivity index (χ0) is 22.0. The molecular weight excluding hydrogens is 398 g/mol. The van der Waals surface area contributed by atoms with Gasteiger partial charge in [-0.05, 0) is 86.3 Å². The second-order valence-electron chi connectivity index (χ2n) is 8.38. The van der Waals surface area contributed by atoms with E-state index in [0.717, 1.165) is 11.4 Å². The van der Waals surface area contributed by atoms with E-state index in [9.17, 15) is 0 Å². The van der Waals surface area contributed by atoms with Crippen LogP contribution in [0.5, 0.6) is 0 Å². The van der Waals surface area contributed by atoms with Gasteiger partial charge in [-0.15, -0.1) is 0 Å². The van der Waals surface area contributed by atoms with E-state index < -0.39 is 0 Å². The highest BCUT2D eigenvalue weighted by atomic mass is 14.9. The fraction of sp³-hybridized carbons (Fsp3) is 0. The molecular formula is C32H23N. The van der Waals surface area contributed by atoms with Crippen molar-refractivity contribution in [2.24, 2.45) is 0 Å². The topological polar surface area (TPSA) is 12.0 Å². The Morgan fingerprint density at radius 3 is 1.79 bits per heavy atom. The lowest BCUT2D eigenvalue weighted by Crippen LogP contribution is -1.90. The van der Waals surface area contributed by atoms with Crippen LogP contribution in [-0.4, -0.2) is 0 Å². The molecule has 0 aliphatic rings. The Morgan fingerprint density at radius 1 is 0.364 bits per heavy atom. The van der Waals surface area contributed by atoms with Crippen LogP contribution < -0.4 is 5.32 Å². The Hall–Kier alpha value is -4.36. The van der Waals surface area contributed by atoms with E-state index in [2.05, 4.69) is 121 Å². The van der Waals surface area contributed by atoms with Crippen molar-refractivity contribution in [1.82, 2.24) is 0 Å². The molecule has 0 aromatic heterocycles. The van der Waals surface area contributed by atoms with Crippen LogP contribution in [0.4, 0.5) is 11.4 Å². The van der Waals surface area contributed by atoms with Crippen LogP contribution in [0.25, 0.3) is 43.8 Å². The van der Waals surface area contributed by atoms with Gasteiger partial charge in [0.25, 0.3) is 0 Å². The number of fused-ring (bicyclic) bond motifs is 2. The molecule has 0 spiro atoms. The fourth-order valence-corrected chi connectivity index (χ4v) is 4.51. The molecule has 33 heavy (non-hydrogen) atoms. The monoisotopic (exact) mass is 421 g/mol. The number of benzene rings is 6. The predicted octanol–water partition coefficient (Wildman–Crippen LogP) is 9.07. The average Bonchev–Trinajstić information content (AvgIpc) is 2.89. The quantitative estimate of drug-likeness (QED) is 0.299. The molecule has 156 valence electrons. The lowest BCUT2D eigenvalue weighted by Gasteiger charge is -2.13. The zero-order valence-electron chi connectivity index (χ0n) is 18.2. The van der Waals surface area contributed by atoms with Gasteiger partial charge in [0.1, 0.15) is 0 Å². The van der Waals surface area contributed by atoms with Crippen molar-refractivity contribution in [3.8, 4) is 22.3 Å². The average molecular weight is 422 g/mol. The van der Waals surface area contributed by atoms with Gasteiger partial charge in [-0.2, -0.15) is 0 Å². The van der Waals surface area contributed by atoms with E-state index in [1.807, 2.05) is 18.2 Å². The molecule has 0 heterocycles. The minimum absolute atomic E-state index is 1.08. The van der Waals surface area contributed by atoms with Crippen LogP contribution in [0, 0.1) is 0 Å². The molecule has 0 unspecified atom stereocenters. The number of para-hydroxylation sites is 1. The first-order valence-electron chi connectivity index (χ1n) is 11.3. The molecule has 0 saturated carbocycles. The van der Waals surface area contributed by atoms with Crippen LogP contribution in [0.2, 0.25) is 0 Å². The predicted molar refractivity (Wildman–Crippen MR) is 142 cm³/mol. The summed E-state index contributed by atoms with van der Waals surface area (Å²) in [5.74, 6) is 0. The van der Waals surface area contributed by atoms with Crippen molar-refractivity contribution >= 4 is 32.9 Å². The normalized spacial score (nSPS) is 11.0. The molecule has 1 heteroatoms. The first-order chi connectivity index (χ1) is 16.3. The van der Waals surface area contributed by atoms with Crippen LogP contribution in [0.1, 0.15) is 0 Å². The SMILES string of the molecule is c1ccc(Nc2ccc(-c3cc(-c4ccc5ccccc5c4)c4ccccc4c3)cc2)cc1. The minimum Gasteiger partial charge on any atom is -0.356 e. The summed E-state index contributed by atoms with van der Waals surface area (Å²) in [6, 6.07) is 47.5. The highest BCUT2D eigenvalue weighted by Crippen LogP contribution is 2.35. The summed E-state index contributed by atoms with van der Waals surface area (Å²) in [7, 11) is 0. The van der Waals surface area contributed by atoms with Crippen LogP contribution in [-0.2, 0) is 0 Å². The maximum Gasteiger partial charge on any atom is 0.0384 e. The molecule has 6 rings (SSSR count). The van der Waals surface area contributed by atoms with Gasteiger partial charge in [-0.3, -0.25) is 0 Å². The summed E-state index contributed by atoms with van der Waals surface area (Å²) < 4.78 is 0.